The first-order valence-electron chi connectivity index (χ1n) is 10.9. The van der Waals surface area contributed by atoms with Gasteiger partial charge in [0.2, 0.25) is 0 Å². The van der Waals surface area contributed by atoms with Gasteiger partial charge >= 0.3 is 0 Å². The van der Waals surface area contributed by atoms with Gasteiger partial charge < -0.3 is 20.5 Å². The predicted molar refractivity (Wildman–Crippen MR) is 126 cm³/mol. The number of aryl methyl sites for hydroxylation is 1. The molecule has 2 aliphatic rings. The molecule has 0 saturated heterocycles. The van der Waals surface area contributed by atoms with Gasteiger partial charge in [0.1, 0.15) is 0 Å². The summed E-state index contributed by atoms with van der Waals surface area (Å²) in [6, 6.07) is 21.4. The maximum absolute atomic E-state index is 13.5. The number of anilines is 2. The minimum atomic E-state index is -0.371. The molecular formula is C27H26N2O3. The third-order valence-corrected chi connectivity index (χ3v) is 6.39. The number of benzene rings is 3. The van der Waals surface area contributed by atoms with E-state index in [0.717, 1.165) is 34.6 Å². The van der Waals surface area contributed by atoms with Crippen LogP contribution in [0.15, 0.2) is 78.0 Å². The molecule has 0 radical (unpaired) electrons. The van der Waals surface area contributed by atoms with Crippen molar-refractivity contribution in [3.05, 3.63) is 94.7 Å². The van der Waals surface area contributed by atoms with E-state index in [-0.39, 0.29) is 23.5 Å². The highest BCUT2D eigenvalue weighted by molar-refractivity contribution is 6.01. The van der Waals surface area contributed by atoms with Crippen LogP contribution in [-0.2, 0) is 4.79 Å². The molecule has 1 heterocycles. The Kier molecular flexibility index (Phi) is 5.10. The Morgan fingerprint density at radius 3 is 2.38 bits per heavy atom. The smallest absolute Gasteiger partial charge is 0.163 e. The number of phenols is 1. The van der Waals surface area contributed by atoms with Crippen molar-refractivity contribution < 1.29 is 14.6 Å². The molecule has 32 heavy (non-hydrogen) atoms. The largest absolute Gasteiger partial charge is 0.504 e. The van der Waals surface area contributed by atoms with E-state index >= 15 is 0 Å². The van der Waals surface area contributed by atoms with Crippen LogP contribution in [0.5, 0.6) is 11.5 Å². The van der Waals surface area contributed by atoms with Gasteiger partial charge in [0.25, 0.3) is 0 Å². The summed E-state index contributed by atoms with van der Waals surface area (Å²) >= 11 is 0. The Morgan fingerprint density at radius 2 is 1.66 bits per heavy atom. The van der Waals surface area contributed by atoms with Gasteiger partial charge in [-0.15, -0.1) is 0 Å². The molecule has 0 unspecified atom stereocenters. The molecular weight excluding hydrogens is 400 g/mol. The van der Waals surface area contributed by atoms with Gasteiger partial charge in [-0.1, -0.05) is 48.0 Å². The quantitative estimate of drug-likeness (QED) is 0.502. The van der Waals surface area contributed by atoms with Crippen LogP contribution < -0.4 is 15.4 Å². The molecule has 1 aliphatic carbocycles. The second kappa shape index (κ2) is 8.08. The zero-order chi connectivity index (χ0) is 22.2. The number of hydrogen-bond donors (Lipinski definition) is 3. The lowest BCUT2D eigenvalue weighted by atomic mass is 9.78. The third kappa shape index (κ3) is 3.60. The summed E-state index contributed by atoms with van der Waals surface area (Å²) in [7, 11) is 1.52. The number of ketones is 1. The van der Waals surface area contributed by atoms with Crippen LogP contribution in [0.3, 0.4) is 0 Å². The molecule has 3 aromatic rings. The molecule has 0 amide bonds. The number of ether oxygens (including phenoxy) is 1. The number of aromatic hydroxyl groups is 1. The number of fused-ring (bicyclic) bond motifs is 1. The van der Waals surface area contributed by atoms with E-state index in [1.54, 1.807) is 12.1 Å². The van der Waals surface area contributed by atoms with Crippen LogP contribution in [0, 0.1) is 6.92 Å². The van der Waals surface area contributed by atoms with E-state index in [9.17, 15) is 9.90 Å². The van der Waals surface area contributed by atoms with Crippen molar-refractivity contribution in [2.75, 3.05) is 17.7 Å². The topological polar surface area (TPSA) is 70.6 Å². The zero-order valence-corrected chi connectivity index (χ0v) is 18.2. The van der Waals surface area contributed by atoms with Crippen LogP contribution in [-0.4, -0.2) is 18.0 Å². The van der Waals surface area contributed by atoms with E-state index in [0.29, 0.717) is 12.2 Å². The monoisotopic (exact) mass is 426 g/mol. The molecule has 2 atom stereocenters. The molecule has 0 aromatic heterocycles. The van der Waals surface area contributed by atoms with E-state index in [1.807, 2.05) is 30.3 Å². The molecule has 5 heteroatoms. The van der Waals surface area contributed by atoms with Crippen LogP contribution in [0.1, 0.15) is 41.5 Å². The number of para-hydroxylation sites is 2. The average molecular weight is 427 g/mol. The fourth-order valence-electron chi connectivity index (χ4n) is 4.70. The lowest BCUT2D eigenvalue weighted by molar-refractivity contribution is -0.116. The van der Waals surface area contributed by atoms with Crippen molar-refractivity contribution in [2.24, 2.45) is 0 Å². The van der Waals surface area contributed by atoms with E-state index in [1.165, 1.54) is 18.2 Å². The van der Waals surface area contributed by atoms with Crippen LogP contribution in [0.25, 0.3) is 0 Å². The molecule has 162 valence electrons. The summed E-state index contributed by atoms with van der Waals surface area (Å²) in [4.78, 5) is 13.5. The number of methoxy groups -OCH3 is 1. The van der Waals surface area contributed by atoms with Crippen LogP contribution in [0.4, 0.5) is 11.4 Å². The molecule has 3 N–H and O–H groups in total. The Bertz CT molecular complexity index is 1210. The van der Waals surface area contributed by atoms with E-state index in [2.05, 4.69) is 41.8 Å². The summed E-state index contributed by atoms with van der Waals surface area (Å²) in [5.41, 5.74) is 6.73. The van der Waals surface area contributed by atoms with Crippen molar-refractivity contribution in [3.63, 3.8) is 0 Å². The number of hydrogen-bond acceptors (Lipinski definition) is 5. The fraction of sp³-hybridized carbons (Fsp3) is 0.222. The van der Waals surface area contributed by atoms with Crippen molar-refractivity contribution in [2.45, 2.75) is 31.7 Å². The standard InChI is InChI=1S/C27H26N2O3/c1-16-7-9-17(10-8-16)19-13-22-26(24(31)15-19)27(18-11-12-25(32-2)23(30)14-18)29-21-6-4-3-5-20(21)28-22/h3-12,14,19,27-30H,13,15H2,1-2H3/t19-,27+/m0/s1. The maximum Gasteiger partial charge on any atom is 0.163 e. The van der Waals surface area contributed by atoms with Gasteiger partial charge in [-0.3, -0.25) is 4.79 Å². The zero-order valence-electron chi connectivity index (χ0n) is 18.2. The lowest BCUT2D eigenvalue weighted by Crippen LogP contribution is -2.26. The van der Waals surface area contributed by atoms with Gasteiger partial charge in [-0.2, -0.15) is 0 Å². The van der Waals surface area contributed by atoms with Crippen molar-refractivity contribution >= 4 is 17.2 Å². The summed E-state index contributed by atoms with van der Waals surface area (Å²) in [5.74, 6) is 0.708. The molecule has 0 bridgehead atoms. The van der Waals surface area contributed by atoms with Gasteiger partial charge in [-0.05, 0) is 54.7 Å². The minimum Gasteiger partial charge on any atom is -0.504 e. The first-order chi connectivity index (χ1) is 15.5. The first-order valence-corrected chi connectivity index (χ1v) is 10.9. The van der Waals surface area contributed by atoms with Gasteiger partial charge in [0.15, 0.2) is 17.3 Å². The highest BCUT2D eigenvalue weighted by Gasteiger charge is 2.36. The van der Waals surface area contributed by atoms with Gasteiger partial charge in [-0.25, -0.2) is 0 Å². The second-order valence-electron chi connectivity index (χ2n) is 8.51. The highest BCUT2D eigenvalue weighted by Crippen LogP contribution is 2.45. The summed E-state index contributed by atoms with van der Waals surface area (Å²) in [6.45, 7) is 2.07. The fourth-order valence-corrected chi connectivity index (χ4v) is 4.70. The predicted octanol–water partition coefficient (Wildman–Crippen LogP) is 5.69. The molecule has 0 fully saturated rings. The van der Waals surface area contributed by atoms with Crippen molar-refractivity contribution in [3.8, 4) is 11.5 Å². The van der Waals surface area contributed by atoms with Crippen molar-refractivity contribution in [1.82, 2.24) is 0 Å². The van der Waals surface area contributed by atoms with Gasteiger partial charge in [0, 0.05) is 17.7 Å². The molecule has 5 rings (SSSR count). The van der Waals surface area contributed by atoms with Crippen molar-refractivity contribution in [1.29, 1.82) is 0 Å². The number of Topliss-reactive ketones (excluding diaryl/α,β-unsaturated/α-hetero) is 1. The molecule has 0 spiro atoms. The lowest BCUT2D eigenvalue weighted by Gasteiger charge is -2.30. The van der Waals surface area contributed by atoms with Crippen LogP contribution >= 0.6 is 0 Å². The van der Waals surface area contributed by atoms with E-state index in [4.69, 9.17) is 4.74 Å². The second-order valence-corrected chi connectivity index (χ2v) is 8.51. The number of allylic oxidation sites excluding steroid dienone is 1. The number of rotatable bonds is 3. The molecule has 5 nitrogen and oxygen atoms in total. The molecule has 1 aliphatic heterocycles. The number of nitrogens with one attached hydrogen (secondary N) is 2. The minimum absolute atomic E-state index is 0.0558. The molecule has 3 aromatic carbocycles. The Labute approximate surface area is 187 Å². The normalized spacial score (nSPS) is 19.9. The number of carbonyl (C=O) groups is 1. The Morgan fingerprint density at radius 1 is 0.938 bits per heavy atom. The summed E-state index contributed by atoms with van der Waals surface area (Å²) < 4.78 is 5.21. The van der Waals surface area contributed by atoms with Gasteiger partial charge in [0.05, 0.1) is 24.5 Å². The third-order valence-electron chi connectivity index (χ3n) is 6.39. The Hall–Kier alpha value is -3.73. The maximum atomic E-state index is 13.5. The molecule has 0 saturated carbocycles. The number of carbonyl (C=O) groups excluding carboxylic acids is 1. The summed E-state index contributed by atoms with van der Waals surface area (Å²) in [6.07, 6.45) is 1.21. The SMILES string of the molecule is COc1ccc([C@H]2Nc3ccccc3NC3=C2C(=O)C[C@@H](c2ccc(C)cc2)C3)cc1O. The first kappa shape index (κ1) is 20.2. The summed E-state index contributed by atoms with van der Waals surface area (Å²) in [5, 5.41) is 17.5. The Balaban J connectivity index is 1.60. The average Bonchev–Trinajstić information content (AvgIpc) is 2.96. The number of phenolic OH excluding ortho intramolecular Hbond substituents is 1. The van der Waals surface area contributed by atoms with Crippen LogP contribution in [0.2, 0.25) is 0 Å². The van der Waals surface area contributed by atoms with E-state index < -0.39 is 0 Å². The highest BCUT2D eigenvalue weighted by atomic mass is 16.5.